The topological polar surface area (TPSA) is 65.7 Å². The summed E-state index contributed by atoms with van der Waals surface area (Å²) in [5, 5.41) is 0.666. The van der Waals surface area contributed by atoms with E-state index >= 15 is 0 Å². The Morgan fingerprint density at radius 1 is 0.828 bits per heavy atom. The highest BCUT2D eigenvalue weighted by atomic mass is 16.5. The highest BCUT2D eigenvalue weighted by molar-refractivity contribution is 6.05. The van der Waals surface area contributed by atoms with Crippen LogP contribution >= 0.6 is 0 Å². The third-order valence-corrected chi connectivity index (χ3v) is 4.76. The maximum atomic E-state index is 13.0. The van der Waals surface area contributed by atoms with Crippen LogP contribution < -0.4 is 10.4 Å². The van der Waals surface area contributed by atoms with Gasteiger partial charge in [0, 0.05) is 10.9 Å². The second kappa shape index (κ2) is 7.64. The molecule has 0 aliphatic carbocycles. The zero-order valence-electron chi connectivity index (χ0n) is 16.0. The molecule has 0 N–H and O–H groups in total. The van der Waals surface area contributed by atoms with Crippen molar-refractivity contribution < 1.29 is 18.7 Å². The van der Waals surface area contributed by atoms with E-state index in [2.05, 4.69) is 0 Å². The number of carbonyl (C=O) groups is 1. The van der Waals surface area contributed by atoms with Crippen LogP contribution in [0.15, 0.2) is 82.0 Å². The van der Waals surface area contributed by atoms with E-state index in [1.54, 1.807) is 6.07 Å². The van der Waals surface area contributed by atoms with Gasteiger partial charge in [-0.15, -0.1) is 0 Å². The summed E-state index contributed by atoms with van der Waals surface area (Å²) in [6.07, 6.45) is 0. The maximum absolute atomic E-state index is 13.0. The zero-order chi connectivity index (χ0) is 20.4. The SMILES string of the molecule is COC(=O)c1cc2oc(=O)c(-c3ccccc3)c(-c3ccccc3)c2cc1OC. The third-order valence-electron chi connectivity index (χ3n) is 4.76. The molecule has 4 aromatic rings. The van der Waals surface area contributed by atoms with Gasteiger partial charge in [-0.3, -0.25) is 0 Å². The lowest BCUT2D eigenvalue weighted by Crippen LogP contribution is -2.08. The molecular weight excluding hydrogens is 368 g/mol. The molecule has 5 nitrogen and oxygen atoms in total. The summed E-state index contributed by atoms with van der Waals surface area (Å²) in [6, 6.07) is 22.1. The summed E-state index contributed by atoms with van der Waals surface area (Å²) in [7, 11) is 2.77. The van der Waals surface area contributed by atoms with E-state index in [1.807, 2.05) is 60.7 Å². The Bertz CT molecular complexity index is 1240. The van der Waals surface area contributed by atoms with Crippen molar-refractivity contribution in [1.29, 1.82) is 0 Å². The number of hydrogen-bond acceptors (Lipinski definition) is 5. The zero-order valence-corrected chi connectivity index (χ0v) is 16.0. The molecule has 0 aliphatic rings. The lowest BCUT2D eigenvalue weighted by molar-refractivity contribution is 0.0597. The molecule has 1 heterocycles. The first kappa shape index (κ1) is 18.5. The first-order valence-corrected chi connectivity index (χ1v) is 9.02. The second-order valence-corrected chi connectivity index (χ2v) is 6.41. The molecule has 0 atom stereocenters. The van der Waals surface area contributed by atoms with Gasteiger partial charge in [0.25, 0.3) is 0 Å². The molecule has 0 aliphatic heterocycles. The molecule has 4 rings (SSSR count). The number of carbonyl (C=O) groups excluding carboxylic acids is 1. The van der Waals surface area contributed by atoms with E-state index in [-0.39, 0.29) is 11.1 Å². The fourth-order valence-electron chi connectivity index (χ4n) is 3.44. The quantitative estimate of drug-likeness (QED) is 0.368. The van der Waals surface area contributed by atoms with Gasteiger partial charge in [-0.25, -0.2) is 9.59 Å². The van der Waals surface area contributed by atoms with Crippen molar-refractivity contribution >= 4 is 16.9 Å². The number of ether oxygens (including phenoxy) is 2. The van der Waals surface area contributed by atoms with Crippen molar-refractivity contribution in [3.05, 3.63) is 88.8 Å². The second-order valence-electron chi connectivity index (χ2n) is 6.41. The summed E-state index contributed by atoms with van der Waals surface area (Å²) in [6.45, 7) is 0. The van der Waals surface area contributed by atoms with E-state index in [4.69, 9.17) is 13.9 Å². The van der Waals surface area contributed by atoms with Crippen LogP contribution in [-0.4, -0.2) is 20.2 Å². The minimum Gasteiger partial charge on any atom is -0.496 e. The van der Waals surface area contributed by atoms with Crippen molar-refractivity contribution in [2.24, 2.45) is 0 Å². The molecule has 0 saturated heterocycles. The van der Waals surface area contributed by atoms with Crippen LogP contribution in [0.4, 0.5) is 0 Å². The monoisotopic (exact) mass is 386 g/mol. The Balaban J connectivity index is 2.15. The summed E-state index contributed by atoms with van der Waals surface area (Å²) in [5.41, 5.74) is 2.78. The largest absolute Gasteiger partial charge is 0.496 e. The molecular formula is C24H18O5. The number of fused-ring (bicyclic) bond motifs is 1. The van der Waals surface area contributed by atoms with Gasteiger partial charge >= 0.3 is 11.6 Å². The van der Waals surface area contributed by atoms with Gasteiger partial charge in [-0.05, 0) is 23.3 Å². The van der Waals surface area contributed by atoms with Crippen LogP contribution in [0.3, 0.4) is 0 Å². The van der Waals surface area contributed by atoms with Crippen LogP contribution in [0.5, 0.6) is 5.75 Å². The lowest BCUT2D eigenvalue weighted by Gasteiger charge is -2.14. The minimum atomic E-state index is -0.570. The normalized spacial score (nSPS) is 10.7. The van der Waals surface area contributed by atoms with Crippen molar-refractivity contribution in [3.8, 4) is 28.0 Å². The molecule has 0 saturated carbocycles. The number of esters is 1. The maximum Gasteiger partial charge on any atom is 0.344 e. The van der Waals surface area contributed by atoms with Gasteiger partial charge in [0.05, 0.1) is 19.8 Å². The number of hydrogen-bond donors (Lipinski definition) is 0. The van der Waals surface area contributed by atoms with Crippen LogP contribution in [0.2, 0.25) is 0 Å². The minimum absolute atomic E-state index is 0.192. The average Bonchev–Trinajstić information content (AvgIpc) is 2.78. The Labute approximate surface area is 167 Å². The van der Waals surface area contributed by atoms with Crippen molar-refractivity contribution in [1.82, 2.24) is 0 Å². The Morgan fingerprint density at radius 2 is 1.41 bits per heavy atom. The summed E-state index contributed by atoms with van der Waals surface area (Å²) in [4.78, 5) is 25.2. The molecule has 1 aromatic heterocycles. The fourth-order valence-corrected chi connectivity index (χ4v) is 3.44. The van der Waals surface area contributed by atoms with Gasteiger partial charge in [0.2, 0.25) is 0 Å². The molecule has 0 unspecified atom stereocenters. The number of benzene rings is 3. The number of methoxy groups -OCH3 is 2. The first-order chi connectivity index (χ1) is 14.1. The molecule has 0 spiro atoms. The Hall–Kier alpha value is -3.86. The van der Waals surface area contributed by atoms with E-state index in [0.717, 1.165) is 16.7 Å². The molecule has 5 heteroatoms. The lowest BCUT2D eigenvalue weighted by atomic mass is 9.92. The van der Waals surface area contributed by atoms with Crippen LogP contribution in [0.1, 0.15) is 10.4 Å². The molecule has 29 heavy (non-hydrogen) atoms. The van der Waals surface area contributed by atoms with Crippen LogP contribution in [-0.2, 0) is 4.74 Å². The first-order valence-electron chi connectivity index (χ1n) is 9.02. The highest BCUT2D eigenvalue weighted by Crippen LogP contribution is 2.38. The summed E-state index contributed by atoms with van der Waals surface area (Å²) < 4.78 is 15.9. The predicted octanol–water partition coefficient (Wildman–Crippen LogP) is 4.92. The molecule has 0 fully saturated rings. The molecule has 144 valence electrons. The van der Waals surface area contributed by atoms with Gasteiger partial charge < -0.3 is 13.9 Å². The molecule has 0 amide bonds. The molecule has 3 aromatic carbocycles. The van der Waals surface area contributed by atoms with E-state index in [9.17, 15) is 9.59 Å². The van der Waals surface area contributed by atoms with Gasteiger partial charge in [0.15, 0.2) is 0 Å². The molecule has 0 radical (unpaired) electrons. The average molecular weight is 386 g/mol. The summed E-state index contributed by atoms with van der Waals surface area (Å²) in [5.74, 6) is -0.228. The van der Waals surface area contributed by atoms with Gasteiger partial charge in [-0.2, -0.15) is 0 Å². The summed E-state index contributed by atoms with van der Waals surface area (Å²) >= 11 is 0. The predicted molar refractivity (Wildman–Crippen MR) is 111 cm³/mol. The van der Waals surface area contributed by atoms with Crippen LogP contribution in [0, 0.1) is 0 Å². The molecule has 0 bridgehead atoms. The Morgan fingerprint density at radius 3 is 1.97 bits per heavy atom. The third kappa shape index (κ3) is 3.27. The van der Waals surface area contributed by atoms with Crippen molar-refractivity contribution in [2.75, 3.05) is 14.2 Å². The number of rotatable bonds is 4. The Kier molecular flexibility index (Phi) is 4.87. The van der Waals surface area contributed by atoms with Crippen molar-refractivity contribution in [3.63, 3.8) is 0 Å². The van der Waals surface area contributed by atoms with Gasteiger partial charge in [0.1, 0.15) is 16.9 Å². The smallest absolute Gasteiger partial charge is 0.344 e. The van der Waals surface area contributed by atoms with E-state index in [1.165, 1.54) is 20.3 Å². The van der Waals surface area contributed by atoms with E-state index < -0.39 is 11.6 Å². The van der Waals surface area contributed by atoms with Crippen molar-refractivity contribution in [2.45, 2.75) is 0 Å². The fraction of sp³-hybridized carbons (Fsp3) is 0.0833. The van der Waals surface area contributed by atoms with Gasteiger partial charge in [-0.1, -0.05) is 60.7 Å². The van der Waals surface area contributed by atoms with Crippen LogP contribution in [0.25, 0.3) is 33.2 Å². The standard InChI is InChI=1S/C24H18O5/c1-27-19-13-17-20(14-18(19)23(25)28-2)29-24(26)22(16-11-7-4-8-12-16)21(17)15-9-5-3-6-10-15/h3-14H,1-2H3. The highest BCUT2D eigenvalue weighted by Gasteiger charge is 2.22. The van der Waals surface area contributed by atoms with E-state index in [0.29, 0.717) is 16.7 Å².